The van der Waals surface area contributed by atoms with Gasteiger partial charge in [-0.2, -0.15) is 5.10 Å². The Labute approximate surface area is 174 Å². The van der Waals surface area contributed by atoms with Crippen LogP contribution >= 0.6 is 0 Å². The van der Waals surface area contributed by atoms with Gasteiger partial charge in [0.15, 0.2) is 5.69 Å². The van der Waals surface area contributed by atoms with Gasteiger partial charge in [-0.1, -0.05) is 17.3 Å². The monoisotopic (exact) mass is 407 g/mol. The Balaban J connectivity index is 1.04. The van der Waals surface area contributed by atoms with Gasteiger partial charge < -0.3 is 10.1 Å². The highest BCUT2D eigenvalue weighted by Crippen LogP contribution is 2.33. The minimum Gasteiger partial charge on any atom is -0.489 e. The van der Waals surface area contributed by atoms with E-state index in [0.29, 0.717) is 18.3 Å². The largest absolute Gasteiger partial charge is 0.489 e. The lowest BCUT2D eigenvalue weighted by atomic mass is 10.1. The van der Waals surface area contributed by atoms with Gasteiger partial charge in [0.25, 0.3) is 5.91 Å². The van der Waals surface area contributed by atoms with E-state index in [1.807, 2.05) is 31.6 Å². The Hall–Kier alpha value is -3.20. The van der Waals surface area contributed by atoms with E-state index >= 15 is 0 Å². The lowest BCUT2D eigenvalue weighted by Crippen LogP contribution is -2.58. The van der Waals surface area contributed by atoms with Gasteiger partial charge in [0.05, 0.1) is 24.5 Å². The van der Waals surface area contributed by atoms with Crippen molar-refractivity contribution in [2.75, 3.05) is 13.1 Å². The number of amides is 1. The van der Waals surface area contributed by atoms with Crippen LogP contribution < -0.4 is 10.1 Å². The number of rotatable bonds is 8. The maximum Gasteiger partial charge on any atom is 0.273 e. The van der Waals surface area contributed by atoms with E-state index in [1.54, 1.807) is 15.6 Å². The molecular weight excluding hydrogens is 382 g/mol. The highest BCUT2D eigenvalue weighted by Gasteiger charge is 2.30. The van der Waals surface area contributed by atoms with Crippen molar-refractivity contribution in [2.45, 2.75) is 38.1 Å². The number of aromatic nitrogens is 5. The molecule has 2 fully saturated rings. The Morgan fingerprint density at radius 3 is 2.67 bits per heavy atom. The molecule has 3 aromatic rings. The van der Waals surface area contributed by atoms with Crippen molar-refractivity contribution < 1.29 is 9.53 Å². The maximum atomic E-state index is 12.3. The first-order valence-corrected chi connectivity index (χ1v) is 10.3. The molecule has 156 valence electrons. The van der Waals surface area contributed by atoms with Gasteiger partial charge in [-0.3, -0.25) is 14.4 Å². The Morgan fingerprint density at radius 2 is 1.97 bits per heavy atom. The van der Waals surface area contributed by atoms with Crippen LogP contribution in [0.25, 0.3) is 0 Å². The minimum atomic E-state index is -0.137. The van der Waals surface area contributed by atoms with Crippen LogP contribution in [0.15, 0.2) is 42.9 Å². The van der Waals surface area contributed by atoms with Crippen molar-refractivity contribution in [3.63, 3.8) is 0 Å². The van der Waals surface area contributed by atoms with E-state index in [1.165, 1.54) is 5.56 Å². The molecule has 1 saturated carbocycles. The molecular formula is C21H25N7O2. The van der Waals surface area contributed by atoms with E-state index in [9.17, 15) is 4.79 Å². The number of aryl methyl sites for hydroxylation is 1. The summed E-state index contributed by atoms with van der Waals surface area (Å²) in [6, 6.07) is 8.75. The van der Waals surface area contributed by atoms with Crippen LogP contribution in [-0.4, -0.2) is 54.7 Å². The molecule has 2 aromatic heterocycles. The fourth-order valence-corrected chi connectivity index (χ4v) is 3.61. The zero-order valence-corrected chi connectivity index (χ0v) is 16.9. The summed E-state index contributed by atoms with van der Waals surface area (Å²) >= 11 is 0. The average Bonchev–Trinajstić information content (AvgIpc) is 3.29. The predicted molar refractivity (Wildman–Crippen MR) is 109 cm³/mol. The summed E-state index contributed by atoms with van der Waals surface area (Å²) in [5.41, 5.74) is 2.67. The predicted octanol–water partition coefficient (Wildman–Crippen LogP) is 1.54. The summed E-state index contributed by atoms with van der Waals surface area (Å²) in [4.78, 5) is 14.6. The maximum absolute atomic E-state index is 12.3. The normalized spacial score (nSPS) is 17.0. The lowest BCUT2D eigenvalue weighted by molar-refractivity contribution is 0.0790. The molecule has 1 aliphatic heterocycles. The minimum absolute atomic E-state index is 0.137. The number of benzene rings is 1. The molecule has 3 heterocycles. The van der Waals surface area contributed by atoms with Crippen LogP contribution in [0.2, 0.25) is 0 Å². The molecule has 1 amide bonds. The van der Waals surface area contributed by atoms with Crippen LogP contribution in [0.4, 0.5) is 0 Å². The van der Waals surface area contributed by atoms with Crippen molar-refractivity contribution in [3.05, 3.63) is 59.7 Å². The molecule has 0 radical (unpaired) electrons. The number of hydrogen-bond acceptors (Lipinski definition) is 6. The molecule has 1 aromatic carbocycles. The van der Waals surface area contributed by atoms with E-state index in [2.05, 4.69) is 37.8 Å². The van der Waals surface area contributed by atoms with Crippen molar-refractivity contribution in [2.24, 2.45) is 7.05 Å². The first-order chi connectivity index (χ1) is 14.6. The Kier molecular flexibility index (Phi) is 4.96. The third kappa shape index (κ3) is 4.35. The third-order valence-electron chi connectivity index (χ3n) is 5.45. The van der Waals surface area contributed by atoms with Gasteiger partial charge in [0.2, 0.25) is 0 Å². The average molecular weight is 407 g/mol. The molecule has 2 aliphatic rings. The molecule has 1 saturated heterocycles. The van der Waals surface area contributed by atoms with Crippen LogP contribution in [0.1, 0.15) is 40.5 Å². The SMILES string of the molecule is Cn1cc(COc2ccc(CN3CC(NC(=O)c4cn(C5CC5)nn4)C3)cc2)cn1. The number of carbonyl (C=O) groups excluding carboxylic acids is 1. The summed E-state index contributed by atoms with van der Waals surface area (Å²) in [7, 11) is 1.89. The second-order valence-electron chi connectivity index (χ2n) is 8.13. The van der Waals surface area contributed by atoms with E-state index in [4.69, 9.17) is 4.74 Å². The third-order valence-corrected chi connectivity index (χ3v) is 5.45. The molecule has 0 spiro atoms. The second kappa shape index (κ2) is 7.91. The molecule has 30 heavy (non-hydrogen) atoms. The number of ether oxygens (including phenoxy) is 1. The summed E-state index contributed by atoms with van der Waals surface area (Å²) in [5.74, 6) is 0.706. The smallest absolute Gasteiger partial charge is 0.273 e. The van der Waals surface area contributed by atoms with Gasteiger partial charge in [0.1, 0.15) is 12.4 Å². The van der Waals surface area contributed by atoms with Crippen molar-refractivity contribution in [3.8, 4) is 5.75 Å². The van der Waals surface area contributed by atoms with Crippen molar-refractivity contribution in [1.29, 1.82) is 0 Å². The number of hydrogen-bond donors (Lipinski definition) is 1. The van der Waals surface area contributed by atoms with E-state index < -0.39 is 0 Å². The quantitative estimate of drug-likeness (QED) is 0.609. The Morgan fingerprint density at radius 1 is 1.17 bits per heavy atom. The molecule has 9 heteroatoms. The molecule has 0 unspecified atom stereocenters. The van der Waals surface area contributed by atoms with Gasteiger partial charge in [-0.25, -0.2) is 4.68 Å². The van der Waals surface area contributed by atoms with Gasteiger partial charge in [0, 0.05) is 38.4 Å². The molecule has 9 nitrogen and oxygen atoms in total. The van der Waals surface area contributed by atoms with E-state index in [0.717, 1.165) is 43.8 Å². The fraction of sp³-hybridized carbons (Fsp3) is 0.429. The zero-order valence-electron chi connectivity index (χ0n) is 16.9. The van der Waals surface area contributed by atoms with Crippen molar-refractivity contribution in [1.82, 2.24) is 35.0 Å². The highest BCUT2D eigenvalue weighted by atomic mass is 16.5. The lowest BCUT2D eigenvalue weighted by Gasteiger charge is -2.39. The second-order valence-corrected chi connectivity index (χ2v) is 8.13. The fourth-order valence-electron chi connectivity index (χ4n) is 3.61. The molecule has 1 N–H and O–H groups in total. The van der Waals surface area contributed by atoms with Crippen LogP contribution in [-0.2, 0) is 20.2 Å². The summed E-state index contributed by atoms with van der Waals surface area (Å²) in [6.45, 7) is 3.03. The molecule has 0 bridgehead atoms. The molecule has 0 atom stereocenters. The number of likely N-dealkylation sites (tertiary alicyclic amines) is 1. The number of nitrogens with zero attached hydrogens (tertiary/aromatic N) is 6. The Bertz CT molecular complexity index is 1020. The topological polar surface area (TPSA) is 90.1 Å². The number of nitrogens with one attached hydrogen (secondary N) is 1. The summed E-state index contributed by atoms with van der Waals surface area (Å²) < 4.78 is 9.37. The summed E-state index contributed by atoms with van der Waals surface area (Å²) in [5, 5.41) is 15.2. The van der Waals surface area contributed by atoms with Crippen LogP contribution in [0.3, 0.4) is 0 Å². The molecule has 5 rings (SSSR count). The van der Waals surface area contributed by atoms with Gasteiger partial charge >= 0.3 is 0 Å². The van der Waals surface area contributed by atoms with Gasteiger partial charge in [-0.15, -0.1) is 5.10 Å². The van der Waals surface area contributed by atoms with Crippen LogP contribution in [0, 0.1) is 0 Å². The van der Waals surface area contributed by atoms with Crippen molar-refractivity contribution >= 4 is 5.91 Å². The standard InChI is InChI=1S/C21H25N7O2/c1-26-9-16(8-22-26)14-30-19-6-2-15(3-7-19)10-27-11-17(12-27)23-21(29)20-13-28(25-24-20)18-4-5-18/h2-3,6-9,13,17-18H,4-5,10-12,14H2,1H3,(H,23,29). The van der Waals surface area contributed by atoms with Crippen LogP contribution in [0.5, 0.6) is 5.75 Å². The first kappa shape index (κ1) is 18.8. The summed E-state index contributed by atoms with van der Waals surface area (Å²) in [6.07, 6.45) is 7.76. The first-order valence-electron chi connectivity index (χ1n) is 10.3. The highest BCUT2D eigenvalue weighted by molar-refractivity contribution is 5.92. The zero-order chi connectivity index (χ0) is 20.5. The number of carbonyl (C=O) groups is 1. The van der Waals surface area contributed by atoms with E-state index in [-0.39, 0.29) is 11.9 Å². The molecule has 1 aliphatic carbocycles. The van der Waals surface area contributed by atoms with Gasteiger partial charge in [-0.05, 0) is 30.5 Å².